The predicted octanol–water partition coefficient (Wildman–Crippen LogP) is 5.16. The molecule has 1 heterocycles. The van der Waals surface area contributed by atoms with Gasteiger partial charge in [-0.1, -0.05) is 43.6 Å². The maximum absolute atomic E-state index is 12.3. The molecule has 0 aliphatic carbocycles. The summed E-state index contributed by atoms with van der Waals surface area (Å²) in [7, 11) is -1.72. The highest BCUT2D eigenvalue weighted by Gasteiger charge is 2.17. The first-order chi connectivity index (χ1) is 14.4. The van der Waals surface area contributed by atoms with Crippen molar-refractivity contribution in [2.24, 2.45) is 0 Å². The lowest BCUT2D eigenvalue weighted by atomic mass is 10.1. The third-order valence-corrected chi connectivity index (χ3v) is 7.24. The number of halogens is 1. The second-order valence-corrected chi connectivity index (χ2v) is 9.74. The summed E-state index contributed by atoms with van der Waals surface area (Å²) in [5, 5.41) is 0.766. The first-order valence-corrected chi connectivity index (χ1v) is 12.0. The van der Waals surface area contributed by atoms with E-state index in [-0.39, 0.29) is 5.75 Å². The molecule has 30 heavy (non-hydrogen) atoms. The Balaban J connectivity index is 1.85. The summed E-state index contributed by atoms with van der Waals surface area (Å²) in [5.41, 5.74) is 3.67. The number of aromatic amines is 1. The molecule has 0 spiro atoms. The Morgan fingerprint density at radius 3 is 2.47 bits per heavy atom. The molecule has 2 aromatic carbocycles. The number of hydrogen-bond donors (Lipinski definition) is 1. The van der Waals surface area contributed by atoms with E-state index in [0.29, 0.717) is 10.6 Å². The van der Waals surface area contributed by atoms with Crippen LogP contribution < -0.4 is 4.74 Å². The van der Waals surface area contributed by atoms with Crippen molar-refractivity contribution in [1.29, 1.82) is 0 Å². The van der Waals surface area contributed by atoms with Crippen LogP contribution in [0.4, 0.5) is 0 Å². The van der Waals surface area contributed by atoms with Gasteiger partial charge in [0.05, 0.1) is 17.8 Å². The van der Waals surface area contributed by atoms with Gasteiger partial charge in [0, 0.05) is 35.1 Å². The summed E-state index contributed by atoms with van der Waals surface area (Å²) >= 11 is 6.31. The van der Waals surface area contributed by atoms with Crippen molar-refractivity contribution >= 4 is 21.4 Å². The number of nitrogens with zero attached hydrogens (tertiary/aromatic N) is 1. The van der Waals surface area contributed by atoms with E-state index < -0.39 is 9.84 Å². The molecule has 1 N–H and O–H groups in total. The fraction of sp³-hybridized carbons (Fsp3) is 0.304. The number of rotatable bonds is 9. The Kier molecular flexibility index (Phi) is 7.23. The van der Waals surface area contributed by atoms with Crippen molar-refractivity contribution in [3.8, 4) is 17.0 Å². The van der Waals surface area contributed by atoms with E-state index in [1.54, 1.807) is 32.2 Å². The van der Waals surface area contributed by atoms with Gasteiger partial charge in [0.15, 0.2) is 9.84 Å². The largest absolute Gasteiger partial charge is 0.496 e. The van der Waals surface area contributed by atoms with E-state index in [9.17, 15) is 8.42 Å². The fourth-order valence-corrected chi connectivity index (χ4v) is 4.44. The van der Waals surface area contributed by atoms with Crippen LogP contribution >= 0.6 is 11.6 Å². The smallest absolute Gasteiger partial charge is 0.178 e. The number of benzene rings is 2. The summed E-state index contributed by atoms with van der Waals surface area (Å²) in [5.74, 6) is 0.685. The summed E-state index contributed by atoms with van der Waals surface area (Å²) in [6.45, 7) is 6.09. The summed E-state index contributed by atoms with van der Waals surface area (Å²) in [6.07, 6.45) is 0. The number of H-pyrrole nitrogens is 1. The Morgan fingerprint density at radius 2 is 1.80 bits per heavy atom. The van der Waals surface area contributed by atoms with Crippen LogP contribution in [-0.2, 0) is 22.9 Å². The molecule has 0 aliphatic rings. The molecule has 7 heteroatoms. The molecule has 0 saturated heterocycles. The topological polar surface area (TPSA) is 62.4 Å². The number of hydrogen-bond acceptors (Lipinski definition) is 4. The van der Waals surface area contributed by atoms with Crippen molar-refractivity contribution in [3.63, 3.8) is 0 Å². The minimum absolute atomic E-state index is 0.0578. The van der Waals surface area contributed by atoms with E-state index in [2.05, 4.69) is 16.8 Å². The molecule has 0 unspecified atom stereocenters. The average molecular weight is 447 g/mol. The third kappa shape index (κ3) is 5.06. The van der Waals surface area contributed by atoms with Gasteiger partial charge < -0.3 is 9.72 Å². The molecule has 5 nitrogen and oxygen atoms in total. The van der Waals surface area contributed by atoms with Crippen molar-refractivity contribution in [1.82, 2.24) is 9.88 Å². The van der Waals surface area contributed by atoms with Gasteiger partial charge in [-0.3, -0.25) is 4.90 Å². The second-order valence-electron chi connectivity index (χ2n) is 7.06. The highest BCUT2D eigenvalue weighted by molar-refractivity contribution is 7.91. The molecule has 160 valence electrons. The van der Waals surface area contributed by atoms with Crippen LogP contribution in [-0.4, -0.2) is 37.7 Å². The minimum atomic E-state index is -3.30. The maximum Gasteiger partial charge on any atom is 0.178 e. The summed E-state index contributed by atoms with van der Waals surface area (Å²) < 4.78 is 30.1. The van der Waals surface area contributed by atoms with Gasteiger partial charge in [0.25, 0.3) is 0 Å². The Morgan fingerprint density at radius 1 is 1.03 bits per heavy atom. The van der Waals surface area contributed by atoms with Crippen LogP contribution in [0.15, 0.2) is 59.5 Å². The average Bonchev–Trinajstić information content (AvgIpc) is 3.22. The number of methoxy groups -OCH3 is 1. The molecule has 0 aliphatic heterocycles. The Labute approximate surface area is 183 Å². The van der Waals surface area contributed by atoms with Crippen LogP contribution in [0.5, 0.6) is 5.75 Å². The number of sulfone groups is 1. The lowest BCUT2D eigenvalue weighted by Gasteiger charge is -2.20. The van der Waals surface area contributed by atoms with E-state index in [1.165, 1.54) is 0 Å². The van der Waals surface area contributed by atoms with Crippen molar-refractivity contribution in [3.05, 3.63) is 70.9 Å². The molecule has 1 aromatic heterocycles. The molecular formula is C23H27ClN2O3S. The zero-order chi connectivity index (χ0) is 21.7. The number of aromatic nitrogens is 1. The highest BCUT2D eigenvalue weighted by Crippen LogP contribution is 2.32. The molecule has 0 radical (unpaired) electrons. The van der Waals surface area contributed by atoms with Crippen LogP contribution in [0.2, 0.25) is 5.02 Å². The highest BCUT2D eigenvalue weighted by atomic mass is 35.5. The zero-order valence-electron chi connectivity index (χ0n) is 17.5. The monoisotopic (exact) mass is 446 g/mol. The van der Waals surface area contributed by atoms with E-state index in [0.717, 1.165) is 47.2 Å². The molecule has 0 fully saturated rings. The molecule has 0 amide bonds. The van der Waals surface area contributed by atoms with E-state index in [4.69, 9.17) is 16.3 Å². The minimum Gasteiger partial charge on any atom is -0.496 e. The van der Waals surface area contributed by atoms with E-state index in [1.807, 2.05) is 36.4 Å². The third-order valence-electron chi connectivity index (χ3n) is 5.14. The molecule has 0 saturated carbocycles. The quantitative estimate of drug-likeness (QED) is 0.493. The first-order valence-electron chi connectivity index (χ1n) is 9.92. The van der Waals surface area contributed by atoms with Crippen LogP contribution in [0, 0.1) is 0 Å². The van der Waals surface area contributed by atoms with Crippen LogP contribution in [0.25, 0.3) is 11.3 Å². The first kappa shape index (κ1) is 22.4. The lowest BCUT2D eigenvalue weighted by molar-refractivity contribution is 0.269. The van der Waals surface area contributed by atoms with Gasteiger partial charge in [-0.25, -0.2) is 8.42 Å². The van der Waals surface area contributed by atoms with Crippen molar-refractivity contribution in [2.45, 2.75) is 31.8 Å². The second kappa shape index (κ2) is 9.69. The van der Waals surface area contributed by atoms with Gasteiger partial charge in [0.1, 0.15) is 5.75 Å². The SMILES string of the molecule is CCN(Cc1ccc(-c2cc(S(=O)(=O)CC)ccc2OC)[nH]1)Cc1ccccc1Cl. The zero-order valence-corrected chi connectivity index (χ0v) is 19.1. The number of nitrogens with one attached hydrogen (secondary N) is 1. The Bertz CT molecular complexity index is 1110. The lowest BCUT2D eigenvalue weighted by Crippen LogP contribution is -2.22. The van der Waals surface area contributed by atoms with Gasteiger partial charge in [-0.2, -0.15) is 0 Å². The van der Waals surface area contributed by atoms with Crippen molar-refractivity contribution < 1.29 is 13.2 Å². The molecule has 3 aromatic rings. The van der Waals surface area contributed by atoms with Gasteiger partial charge in [-0.05, 0) is 48.5 Å². The van der Waals surface area contributed by atoms with E-state index >= 15 is 0 Å². The maximum atomic E-state index is 12.3. The van der Waals surface area contributed by atoms with Crippen LogP contribution in [0.3, 0.4) is 0 Å². The molecular weight excluding hydrogens is 420 g/mol. The molecule has 0 atom stereocenters. The van der Waals surface area contributed by atoms with Gasteiger partial charge >= 0.3 is 0 Å². The normalized spacial score (nSPS) is 11.8. The summed E-state index contributed by atoms with van der Waals surface area (Å²) in [6, 6.07) is 16.8. The van der Waals surface area contributed by atoms with Gasteiger partial charge in [0.2, 0.25) is 0 Å². The summed E-state index contributed by atoms with van der Waals surface area (Å²) in [4.78, 5) is 6.00. The molecule has 3 rings (SSSR count). The fourth-order valence-electron chi connectivity index (χ4n) is 3.34. The van der Waals surface area contributed by atoms with Crippen molar-refractivity contribution in [2.75, 3.05) is 19.4 Å². The predicted molar refractivity (Wildman–Crippen MR) is 122 cm³/mol. The number of ether oxygens (including phenoxy) is 1. The molecule has 0 bridgehead atoms. The standard InChI is InChI=1S/C23H27ClN2O3S/c1-4-26(15-17-8-6-7-9-21(17)24)16-18-10-12-22(25-18)20-14-19(30(27,28)5-2)11-13-23(20)29-3/h6-14,25H,4-5,15-16H2,1-3H3. The van der Waals surface area contributed by atoms with Gasteiger partial charge in [-0.15, -0.1) is 0 Å². The van der Waals surface area contributed by atoms with Crippen LogP contribution in [0.1, 0.15) is 25.1 Å². The Hall–Kier alpha value is -2.28.